The topological polar surface area (TPSA) is 49.3 Å². The smallest absolute Gasteiger partial charge is 0.261 e. The molecule has 1 amide bonds. The van der Waals surface area contributed by atoms with Gasteiger partial charge in [0.05, 0.1) is 16.4 Å². The van der Waals surface area contributed by atoms with Crippen LogP contribution in [-0.2, 0) is 0 Å². The normalized spacial score (nSPS) is 21.4. The van der Waals surface area contributed by atoms with E-state index < -0.39 is 0 Å². The summed E-state index contributed by atoms with van der Waals surface area (Å²) < 4.78 is 0. The first-order chi connectivity index (χ1) is 10.2. The van der Waals surface area contributed by atoms with Crippen molar-refractivity contribution in [3.8, 4) is 11.8 Å². The van der Waals surface area contributed by atoms with Crippen LogP contribution in [0.15, 0.2) is 12.1 Å². The first-order valence-corrected chi connectivity index (χ1v) is 9.38. The van der Waals surface area contributed by atoms with Gasteiger partial charge < -0.3 is 10.4 Å². The highest BCUT2D eigenvalue weighted by Crippen LogP contribution is 2.27. The Balaban J connectivity index is 1.95. The van der Waals surface area contributed by atoms with E-state index in [-0.39, 0.29) is 18.6 Å². The van der Waals surface area contributed by atoms with Crippen LogP contribution in [0.4, 0.5) is 0 Å². The third-order valence-corrected chi connectivity index (χ3v) is 5.77. The Morgan fingerprint density at radius 2 is 2.29 bits per heavy atom. The number of aliphatic hydroxyl groups is 1. The molecule has 1 fully saturated rings. The highest BCUT2D eigenvalue weighted by molar-refractivity contribution is 7.99. The van der Waals surface area contributed by atoms with Gasteiger partial charge in [0, 0.05) is 17.7 Å². The Morgan fingerprint density at radius 3 is 3.05 bits per heavy atom. The predicted molar refractivity (Wildman–Crippen MR) is 89.9 cm³/mol. The summed E-state index contributed by atoms with van der Waals surface area (Å²) in [4.78, 5) is 13.9. The molecule has 0 bridgehead atoms. The molecule has 0 aliphatic heterocycles. The van der Waals surface area contributed by atoms with E-state index in [1.54, 1.807) is 0 Å². The Labute approximate surface area is 134 Å². The van der Waals surface area contributed by atoms with Gasteiger partial charge in [0.2, 0.25) is 0 Å². The van der Waals surface area contributed by atoms with Crippen LogP contribution >= 0.6 is 23.1 Å². The zero-order valence-electron chi connectivity index (χ0n) is 12.2. The van der Waals surface area contributed by atoms with Crippen LogP contribution in [0, 0.1) is 11.8 Å². The summed E-state index contributed by atoms with van der Waals surface area (Å²) in [6, 6.07) is 3.99. The molecule has 1 aliphatic rings. The minimum absolute atomic E-state index is 0.0150. The molecule has 2 atom stereocenters. The Morgan fingerprint density at radius 1 is 1.48 bits per heavy atom. The number of nitrogens with one attached hydrogen (secondary N) is 1. The first-order valence-electron chi connectivity index (χ1n) is 7.28. The summed E-state index contributed by atoms with van der Waals surface area (Å²) in [5.41, 5.74) is 0. The fourth-order valence-corrected chi connectivity index (χ4v) is 4.24. The molecule has 3 nitrogen and oxygen atoms in total. The van der Waals surface area contributed by atoms with Gasteiger partial charge >= 0.3 is 0 Å². The van der Waals surface area contributed by atoms with Crippen LogP contribution in [-0.4, -0.2) is 35.2 Å². The number of thioether (sulfide) groups is 1. The number of rotatable bonds is 4. The van der Waals surface area contributed by atoms with Crippen LogP contribution in [0.2, 0.25) is 0 Å². The maximum Gasteiger partial charge on any atom is 0.261 e. The quantitative estimate of drug-likeness (QED) is 0.838. The summed E-state index contributed by atoms with van der Waals surface area (Å²) in [5.74, 6) is 5.86. The molecule has 2 N–H and O–H groups in total. The lowest BCUT2D eigenvalue weighted by atomic mass is 9.95. The van der Waals surface area contributed by atoms with Crippen molar-refractivity contribution in [2.75, 3.05) is 12.9 Å². The molecule has 1 aromatic rings. The van der Waals surface area contributed by atoms with Gasteiger partial charge in [-0.15, -0.1) is 11.3 Å². The number of hydrogen-bond donors (Lipinski definition) is 2. The van der Waals surface area contributed by atoms with Gasteiger partial charge in [-0.2, -0.15) is 11.8 Å². The number of hydrogen-bond acceptors (Lipinski definition) is 4. The van der Waals surface area contributed by atoms with Crippen LogP contribution in [0.5, 0.6) is 0 Å². The van der Waals surface area contributed by atoms with Crippen molar-refractivity contribution in [2.24, 2.45) is 0 Å². The van der Waals surface area contributed by atoms with Crippen molar-refractivity contribution < 1.29 is 9.90 Å². The average Bonchev–Trinajstić information content (AvgIpc) is 2.97. The zero-order chi connectivity index (χ0) is 15.1. The Bertz CT molecular complexity index is 530. The Hall–Kier alpha value is -0.960. The Kier molecular flexibility index (Phi) is 6.62. The molecular weight excluding hydrogens is 302 g/mol. The number of amides is 1. The van der Waals surface area contributed by atoms with Crippen molar-refractivity contribution in [3.63, 3.8) is 0 Å². The summed E-state index contributed by atoms with van der Waals surface area (Å²) in [6.07, 6.45) is 7.32. The maximum atomic E-state index is 12.3. The van der Waals surface area contributed by atoms with Gasteiger partial charge in [-0.05, 0) is 31.2 Å². The molecular formula is C16H21NO2S2. The third kappa shape index (κ3) is 4.77. The zero-order valence-corrected chi connectivity index (χ0v) is 13.9. The van der Waals surface area contributed by atoms with Crippen molar-refractivity contribution in [2.45, 2.75) is 43.4 Å². The van der Waals surface area contributed by atoms with E-state index in [1.807, 2.05) is 23.9 Å². The molecule has 1 heterocycles. The second-order valence-electron chi connectivity index (χ2n) is 5.08. The second kappa shape index (κ2) is 8.47. The van der Waals surface area contributed by atoms with Gasteiger partial charge in [0.1, 0.15) is 0 Å². The maximum absolute atomic E-state index is 12.3. The molecule has 2 unspecified atom stereocenters. The van der Waals surface area contributed by atoms with E-state index >= 15 is 0 Å². The average molecular weight is 323 g/mol. The van der Waals surface area contributed by atoms with E-state index in [0.29, 0.717) is 16.5 Å². The van der Waals surface area contributed by atoms with E-state index in [9.17, 15) is 4.79 Å². The lowest BCUT2D eigenvalue weighted by molar-refractivity contribution is 0.0933. The van der Waals surface area contributed by atoms with Crippen molar-refractivity contribution in [3.05, 3.63) is 21.9 Å². The van der Waals surface area contributed by atoms with E-state index in [2.05, 4.69) is 23.4 Å². The van der Waals surface area contributed by atoms with Crippen LogP contribution in [0.3, 0.4) is 0 Å². The fourth-order valence-electron chi connectivity index (χ4n) is 2.52. The third-order valence-electron chi connectivity index (χ3n) is 3.60. The summed E-state index contributed by atoms with van der Waals surface area (Å²) >= 11 is 3.27. The largest absolute Gasteiger partial charge is 0.395 e. The van der Waals surface area contributed by atoms with Gasteiger partial charge in [-0.1, -0.05) is 24.7 Å². The molecule has 21 heavy (non-hydrogen) atoms. The SMILES string of the molecule is CSC1CCCCC1NC(=O)c1ccc(C#CCCO)s1. The number of carbonyl (C=O) groups is 1. The molecule has 0 spiro atoms. The first kappa shape index (κ1) is 16.4. The highest BCUT2D eigenvalue weighted by atomic mass is 32.2. The highest BCUT2D eigenvalue weighted by Gasteiger charge is 2.26. The number of carbonyl (C=O) groups excluding carboxylic acids is 1. The second-order valence-corrected chi connectivity index (χ2v) is 7.24. The predicted octanol–water partition coefficient (Wildman–Crippen LogP) is 2.89. The monoisotopic (exact) mass is 323 g/mol. The lowest BCUT2D eigenvalue weighted by Gasteiger charge is -2.30. The molecule has 1 saturated carbocycles. The molecule has 1 aromatic heterocycles. The standard InChI is InChI=1S/C16H21NO2S2/c1-20-14-8-3-2-7-13(14)17-16(19)15-10-9-12(21-15)6-4-5-11-18/h9-10,13-14,18H,2-3,5,7-8,11H2,1H3,(H,17,19). The minimum Gasteiger partial charge on any atom is -0.395 e. The number of thiophene rings is 1. The van der Waals surface area contributed by atoms with Gasteiger partial charge in [-0.25, -0.2) is 0 Å². The van der Waals surface area contributed by atoms with E-state index in [0.717, 1.165) is 11.3 Å². The molecule has 114 valence electrons. The van der Waals surface area contributed by atoms with Gasteiger partial charge in [-0.3, -0.25) is 4.79 Å². The fraction of sp³-hybridized carbons (Fsp3) is 0.562. The van der Waals surface area contributed by atoms with Crippen LogP contribution in [0.25, 0.3) is 0 Å². The summed E-state index contributed by atoms with van der Waals surface area (Å²) in [7, 11) is 0. The lowest BCUT2D eigenvalue weighted by Crippen LogP contribution is -2.43. The van der Waals surface area contributed by atoms with Gasteiger partial charge in [0.15, 0.2) is 0 Å². The van der Waals surface area contributed by atoms with E-state index in [4.69, 9.17) is 5.11 Å². The molecule has 0 aromatic carbocycles. The van der Waals surface area contributed by atoms with Crippen molar-refractivity contribution >= 4 is 29.0 Å². The molecule has 0 saturated heterocycles. The van der Waals surface area contributed by atoms with Gasteiger partial charge in [0.25, 0.3) is 5.91 Å². The summed E-state index contributed by atoms with van der Waals surface area (Å²) in [5, 5.41) is 12.4. The van der Waals surface area contributed by atoms with Crippen molar-refractivity contribution in [1.82, 2.24) is 5.32 Å². The van der Waals surface area contributed by atoms with E-state index in [1.165, 1.54) is 30.6 Å². The number of aliphatic hydroxyl groups excluding tert-OH is 1. The molecule has 2 rings (SSSR count). The molecule has 5 heteroatoms. The van der Waals surface area contributed by atoms with Crippen LogP contribution < -0.4 is 5.32 Å². The molecule has 1 aliphatic carbocycles. The van der Waals surface area contributed by atoms with Crippen LogP contribution in [0.1, 0.15) is 46.7 Å². The molecule has 0 radical (unpaired) electrons. The minimum atomic E-state index is 0.0150. The summed E-state index contributed by atoms with van der Waals surface area (Å²) in [6.45, 7) is 0.0729. The van der Waals surface area contributed by atoms with Crippen molar-refractivity contribution in [1.29, 1.82) is 0 Å².